The first-order valence-corrected chi connectivity index (χ1v) is 54.9. The van der Waals surface area contributed by atoms with Gasteiger partial charge in [0.15, 0.2) is 29.8 Å². The van der Waals surface area contributed by atoms with Gasteiger partial charge in [-0.25, -0.2) is 0 Å². The van der Waals surface area contributed by atoms with Crippen molar-refractivity contribution in [2.75, 3.05) is 73.8 Å². The molecule has 39 N–H and O–H groups in total. The van der Waals surface area contributed by atoms with Crippen LogP contribution in [0.3, 0.4) is 0 Å². The fraction of sp³-hybridized carbons (Fsp3) is 0.663. The fourth-order valence-corrected chi connectivity index (χ4v) is 21.7. The molecule has 0 unspecified atom stereocenters. The summed E-state index contributed by atoms with van der Waals surface area (Å²) in [5.74, 6) is -26.7. The third-order valence-electron chi connectivity index (χ3n) is 22.7. The van der Waals surface area contributed by atoms with Crippen LogP contribution in [0.4, 0.5) is 0 Å². The molecule has 4 heterocycles. The maximum atomic E-state index is 15.8. The van der Waals surface area contributed by atoms with Gasteiger partial charge in [0.2, 0.25) is 106 Å². The number of aliphatic hydroxyl groups is 1. The van der Waals surface area contributed by atoms with Crippen LogP contribution in [0.2, 0.25) is 0 Å². The van der Waals surface area contributed by atoms with Crippen molar-refractivity contribution < 1.29 is 91.4 Å². The number of benzene rings is 1. The van der Waals surface area contributed by atoms with Gasteiger partial charge in [0.25, 0.3) is 0 Å². The Kier molecular flexibility index (Phi) is 54.5. The molecule has 0 saturated carbocycles. The molecule has 0 aliphatic carbocycles. The van der Waals surface area contributed by atoms with Gasteiger partial charge in [-0.1, -0.05) is 157 Å². The quantitative estimate of drug-likeness (QED) is 0.0147. The van der Waals surface area contributed by atoms with Crippen molar-refractivity contribution in [3.05, 3.63) is 35.9 Å². The van der Waals surface area contributed by atoms with Gasteiger partial charge in [-0.05, 0) is 113 Å². The minimum Gasteiger partial charge on any atom is -0.391 e. The molecule has 804 valence electrons. The van der Waals surface area contributed by atoms with Crippen LogP contribution in [0.25, 0.3) is 0 Å². The Bertz CT molecular complexity index is 4600. The van der Waals surface area contributed by atoms with E-state index < -0.39 is 304 Å². The van der Waals surface area contributed by atoms with E-state index in [0.717, 1.165) is 71.7 Å². The summed E-state index contributed by atoms with van der Waals surface area (Å²) in [4.78, 5) is 274. The standard InChI is InChI=1S/C86H145N33O19S6/c1-10-44(8)63-80(137)116-60-40-144-140-36-56(114-72(129)54(33-46-19-12-11-13-20-46)110-70(127)52(31-41(2)3)108-67(124)51(25-18-30-101-86(95)96)107-81(138)64(45(9)120)119-78(60)135)74(131)105-49(23-16-28-99-84(91)92)68(125)111-57-37-141-143-39-59(77(134)118-63)112-69(126)50(24-17-29-100-85(93)94)106-75(132)58-38-142-139-35-55(113-71(128)53(32-42(4)5)109-76(57)133)73(130)104-48(22-15-27-98-83(89)90)66(123)103-47(21-14-26-97-82(87)88)65(122)102-34-61(121)117-62(43(6)7)79(136)115-58/h11-13,19-20,41-45,47-60,62-64,120H,10,14-18,21-40H2,1-9H3,(H,102,122)(H,103,123)(H,104,130)(H,105,131)(H,106,132)(H,107,138)(H,108,124)(H,109,133)(H,110,127)(H,111,125)(H,112,126)(H,113,128)(H,114,129)(H,115,136)(H,116,137)(H,117,121)(H,118,134)(H,119,135)(H4,87,88,97)(H4,89,90,98)(H4,91,92,99)(H4,93,94,100)(H4,95,96,101)/t44-,45+,47-,48-,49-,50-,51-,52-,53-,54-,55-,56-,57-,58-,59-,60-,62-,63-,64-/m0/s1. The number of carbonyl (C=O) groups excluding carboxylic acids is 18. The van der Waals surface area contributed by atoms with E-state index in [1.165, 1.54) is 0 Å². The molecule has 18 amide bonds. The summed E-state index contributed by atoms with van der Waals surface area (Å²) in [5, 5.41) is 112. The van der Waals surface area contributed by atoms with Crippen molar-refractivity contribution in [1.29, 1.82) is 27.0 Å². The van der Waals surface area contributed by atoms with Crippen molar-refractivity contribution in [2.45, 2.75) is 261 Å². The van der Waals surface area contributed by atoms with Crippen molar-refractivity contribution in [3.8, 4) is 0 Å². The zero-order chi connectivity index (χ0) is 107. The van der Waals surface area contributed by atoms with E-state index in [2.05, 4.69) is 122 Å². The number of aliphatic hydroxyl groups excluding tert-OH is 1. The number of nitrogens with one attached hydrogen (secondary N) is 28. The minimum absolute atomic E-state index is 0.00604. The van der Waals surface area contributed by atoms with Crippen LogP contribution in [0, 0.1) is 50.7 Å². The summed E-state index contributed by atoms with van der Waals surface area (Å²) >= 11 is 0. The number of guanidine groups is 5. The SMILES string of the molecule is CC[C@H](C)[C@@H]1NC(=O)[C@@H]2CSSC[C@H](NC(=O)[C@H](CCCNC(=N)N)NC(=O)[C@@H]3CSSC[C@H](NC1=O)C(=O)N[C@@H]([C@@H](C)O)C(=O)N[C@@H](CCCNC(=N)N)C(=O)N[C@@H](CC(C)C)C(=O)N[C@@H](Cc1ccccc1)C(=O)N3)C(=O)N[C@@H](CC(C)C)C(=O)N[C@H]1CSSC[C@H](NC(=O)[C@H](C(C)C)NC(=O)CNC(=O)[C@H](CCCNC(=N)N)NC(=O)[C@H](CCCNC(=N)N)NC1=O)C(=O)N[C@@H](CCCNC(=N)N)C(=O)N2. The predicted molar refractivity (Wildman–Crippen MR) is 551 cm³/mol. The first-order valence-electron chi connectivity index (χ1n) is 47.4. The zero-order valence-electron chi connectivity index (χ0n) is 82.1. The van der Waals surface area contributed by atoms with Gasteiger partial charge in [-0.3, -0.25) is 113 Å². The molecule has 4 saturated heterocycles. The van der Waals surface area contributed by atoms with Crippen LogP contribution in [0.15, 0.2) is 30.3 Å². The molecular formula is C86H145N33O19S6. The predicted octanol–water partition coefficient (Wildman–Crippen LogP) is -7.72. The van der Waals surface area contributed by atoms with Crippen molar-refractivity contribution >= 4 is 201 Å². The number of nitrogens with two attached hydrogens (primary N) is 5. The average Bonchev–Trinajstić information content (AvgIpc) is 0.847. The molecule has 1 aromatic carbocycles. The topological polar surface area (TPSA) is 854 Å². The van der Waals surface area contributed by atoms with Gasteiger partial charge < -0.3 is 156 Å². The second-order valence-electron chi connectivity index (χ2n) is 36.0. The second kappa shape index (κ2) is 64.1. The summed E-state index contributed by atoms with van der Waals surface area (Å²) in [6.45, 7) is 13.2. The van der Waals surface area contributed by atoms with Crippen LogP contribution in [-0.2, 0) is 92.7 Å². The van der Waals surface area contributed by atoms with Crippen molar-refractivity contribution in [3.63, 3.8) is 0 Å². The molecule has 6 bridgehead atoms. The summed E-state index contributed by atoms with van der Waals surface area (Å²) in [7, 11) is 4.85. The van der Waals surface area contributed by atoms with E-state index in [4.69, 9.17) is 55.7 Å². The molecule has 0 aromatic heterocycles. The van der Waals surface area contributed by atoms with Crippen molar-refractivity contribution in [1.82, 2.24) is 122 Å². The Morgan fingerprint density at radius 3 is 0.889 bits per heavy atom. The average molecular weight is 2140 g/mol. The fourth-order valence-electron chi connectivity index (χ4n) is 14.7. The molecule has 58 heteroatoms. The molecular weight excluding hydrogens is 1990 g/mol. The van der Waals surface area contributed by atoms with Crippen LogP contribution < -0.4 is 151 Å². The largest absolute Gasteiger partial charge is 0.391 e. The van der Waals surface area contributed by atoms with E-state index in [9.17, 15) is 33.9 Å². The first kappa shape index (κ1) is 123. The number of amides is 18. The Morgan fingerprint density at radius 2 is 0.569 bits per heavy atom. The summed E-state index contributed by atoms with van der Waals surface area (Å²) in [6, 6.07) is -20.4. The number of hydrogen-bond donors (Lipinski definition) is 34. The molecule has 19 atom stereocenters. The van der Waals surface area contributed by atoms with Crippen LogP contribution in [-0.4, -0.2) is 324 Å². The number of hydrogen-bond acceptors (Lipinski definition) is 30. The Labute approximate surface area is 859 Å². The maximum absolute atomic E-state index is 15.8. The lowest BCUT2D eigenvalue weighted by Gasteiger charge is -2.31. The molecule has 4 aliphatic heterocycles. The molecule has 5 rings (SSSR count). The van der Waals surface area contributed by atoms with E-state index in [-0.39, 0.29) is 129 Å². The number of fused-ring (bicyclic) bond motifs is 15. The van der Waals surface area contributed by atoms with Crippen LogP contribution in [0.1, 0.15) is 151 Å². The highest BCUT2D eigenvalue weighted by Gasteiger charge is 2.43. The molecule has 52 nitrogen and oxygen atoms in total. The molecule has 4 aliphatic rings. The lowest BCUT2D eigenvalue weighted by atomic mass is 9.97. The van der Waals surface area contributed by atoms with Crippen LogP contribution >= 0.6 is 64.8 Å². The molecule has 0 radical (unpaired) electrons. The highest BCUT2D eigenvalue weighted by atomic mass is 33.1. The highest BCUT2D eigenvalue weighted by Crippen LogP contribution is 2.29. The highest BCUT2D eigenvalue weighted by molar-refractivity contribution is 8.77. The van der Waals surface area contributed by atoms with E-state index in [0.29, 0.717) is 5.56 Å². The minimum atomic E-state index is -1.95. The first-order chi connectivity index (χ1) is 68.1. The second-order valence-corrected chi connectivity index (χ2v) is 43.7. The smallest absolute Gasteiger partial charge is 0.245 e. The van der Waals surface area contributed by atoms with Gasteiger partial charge in [0.1, 0.15) is 103 Å². The number of rotatable bonds is 30. The van der Waals surface area contributed by atoms with Gasteiger partial charge in [-0.2, -0.15) is 0 Å². The van der Waals surface area contributed by atoms with E-state index >= 15 is 57.5 Å². The zero-order valence-corrected chi connectivity index (χ0v) is 87.0. The Hall–Kier alpha value is -11.9. The van der Waals surface area contributed by atoms with Crippen LogP contribution in [0.5, 0.6) is 0 Å². The van der Waals surface area contributed by atoms with E-state index in [1.807, 2.05) is 0 Å². The Balaban J connectivity index is 1.89. The van der Waals surface area contributed by atoms with Crippen molar-refractivity contribution in [2.24, 2.45) is 52.3 Å². The van der Waals surface area contributed by atoms with Gasteiger partial charge in [-0.15, -0.1) is 0 Å². The lowest BCUT2D eigenvalue weighted by Crippen LogP contribution is -2.63. The summed E-state index contributed by atoms with van der Waals surface area (Å²) in [6.07, 6.45) is -3.69. The number of carbonyl (C=O) groups is 18. The Morgan fingerprint density at radius 1 is 0.319 bits per heavy atom. The molecule has 4 fully saturated rings. The summed E-state index contributed by atoms with van der Waals surface area (Å²) in [5.41, 5.74) is 28.7. The third kappa shape index (κ3) is 45.2. The third-order valence-corrected chi connectivity index (χ3v) is 30.0. The molecule has 0 spiro atoms. The lowest BCUT2D eigenvalue weighted by molar-refractivity contribution is -0.137. The maximum Gasteiger partial charge on any atom is 0.245 e. The monoisotopic (exact) mass is 2140 g/mol. The molecule has 144 heavy (non-hydrogen) atoms. The normalized spacial score (nSPS) is 26.2. The van der Waals surface area contributed by atoms with Gasteiger partial charge in [0, 0.05) is 73.7 Å². The summed E-state index contributed by atoms with van der Waals surface area (Å²) < 4.78 is 0. The van der Waals surface area contributed by atoms with E-state index in [1.54, 1.807) is 85.7 Å². The van der Waals surface area contributed by atoms with Gasteiger partial charge >= 0.3 is 0 Å². The van der Waals surface area contributed by atoms with Gasteiger partial charge in [0.05, 0.1) is 12.6 Å². The molecule has 1 aromatic rings.